The largest absolute Gasteiger partial charge is 0.326 e. The normalized spacial score (nSPS) is 18.3. The molecule has 3 heteroatoms. The molecule has 0 aliphatic heterocycles. The summed E-state index contributed by atoms with van der Waals surface area (Å²) in [4.78, 5) is 9.09. The standard InChI is InChI=1S/C11H17N3/c1-7-9(6-12)8(2)14-10(13-7)11(3)4-5-11/h4-6,12H2,1-3H3. The quantitative estimate of drug-likeness (QED) is 0.772. The predicted molar refractivity (Wildman–Crippen MR) is 56.0 cm³/mol. The van der Waals surface area contributed by atoms with Gasteiger partial charge in [0, 0.05) is 28.9 Å². The molecule has 2 rings (SSSR count). The molecule has 0 bridgehead atoms. The van der Waals surface area contributed by atoms with Crippen LogP contribution in [-0.4, -0.2) is 9.97 Å². The molecule has 0 atom stereocenters. The Morgan fingerprint density at radius 3 is 2.07 bits per heavy atom. The van der Waals surface area contributed by atoms with Gasteiger partial charge in [-0.25, -0.2) is 9.97 Å². The van der Waals surface area contributed by atoms with Gasteiger partial charge < -0.3 is 5.73 Å². The van der Waals surface area contributed by atoms with Crippen LogP contribution in [0.1, 0.15) is 42.5 Å². The highest BCUT2D eigenvalue weighted by Gasteiger charge is 2.42. The molecule has 2 N–H and O–H groups in total. The molecule has 0 saturated heterocycles. The van der Waals surface area contributed by atoms with Gasteiger partial charge in [0.15, 0.2) is 0 Å². The van der Waals surface area contributed by atoms with Crippen molar-refractivity contribution in [2.75, 3.05) is 0 Å². The molecule has 1 aliphatic carbocycles. The molecule has 1 aromatic rings. The number of aryl methyl sites for hydroxylation is 2. The van der Waals surface area contributed by atoms with Crippen molar-refractivity contribution in [2.45, 2.75) is 45.6 Å². The van der Waals surface area contributed by atoms with Gasteiger partial charge in [-0.1, -0.05) is 6.92 Å². The number of hydrogen-bond acceptors (Lipinski definition) is 3. The molecule has 1 fully saturated rings. The third-order valence-electron chi connectivity index (χ3n) is 3.16. The summed E-state index contributed by atoms with van der Waals surface area (Å²) in [5, 5.41) is 0. The van der Waals surface area contributed by atoms with Gasteiger partial charge in [-0.15, -0.1) is 0 Å². The Kier molecular flexibility index (Phi) is 2.07. The van der Waals surface area contributed by atoms with Crippen molar-refractivity contribution in [2.24, 2.45) is 5.73 Å². The number of aromatic nitrogens is 2. The Labute approximate surface area is 84.8 Å². The van der Waals surface area contributed by atoms with Gasteiger partial charge in [-0.2, -0.15) is 0 Å². The zero-order valence-electron chi connectivity index (χ0n) is 9.09. The molecular weight excluding hydrogens is 174 g/mol. The second-order valence-electron chi connectivity index (χ2n) is 4.46. The highest BCUT2D eigenvalue weighted by atomic mass is 14.9. The number of hydrogen-bond donors (Lipinski definition) is 1. The van der Waals surface area contributed by atoms with Crippen LogP contribution < -0.4 is 5.73 Å². The van der Waals surface area contributed by atoms with E-state index in [2.05, 4.69) is 16.9 Å². The topological polar surface area (TPSA) is 51.8 Å². The van der Waals surface area contributed by atoms with E-state index in [4.69, 9.17) is 5.73 Å². The molecular formula is C11H17N3. The van der Waals surface area contributed by atoms with Gasteiger partial charge in [0.25, 0.3) is 0 Å². The predicted octanol–water partition coefficient (Wildman–Crippen LogP) is 1.60. The van der Waals surface area contributed by atoms with Crippen LogP contribution in [0.3, 0.4) is 0 Å². The van der Waals surface area contributed by atoms with Crippen LogP contribution in [0.15, 0.2) is 0 Å². The fraction of sp³-hybridized carbons (Fsp3) is 0.636. The van der Waals surface area contributed by atoms with Crippen LogP contribution in [0.5, 0.6) is 0 Å². The first-order valence-electron chi connectivity index (χ1n) is 5.11. The highest BCUT2D eigenvalue weighted by molar-refractivity contribution is 5.27. The lowest BCUT2D eigenvalue weighted by atomic mass is 10.1. The monoisotopic (exact) mass is 191 g/mol. The Morgan fingerprint density at radius 2 is 1.71 bits per heavy atom. The smallest absolute Gasteiger partial charge is 0.134 e. The minimum atomic E-state index is 0.253. The van der Waals surface area contributed by atoms with E-state index < -0.39 is 0 Å². The van der Waals surface area contributed by atoms with E-state index in [-0.39, 0.29) is 5.41 Å². The van der Waals surface area contributed by atoms with Crippen molar-refractivity contribution in [1.82, 2.24) is 9.97 Å². The molecule has 0 radical (unpaired) electrons. The molecule has 1 aliphatic rings. The van der Waals surface area contributed by atoms with Gasteiger partial charge in [0.05, 0.1) is 0 Å². The van der Waals surface area contributed by atoms with Gasteiger partial charge >= 0.3 is 0 Å². The van der Waals surface area contributed by atoms with E-state index >= 15 is 0 Å². The first kappa shape index (κ1) is 9.59. The summed E-state index contributed by atoms with van der Waals surface area (Å²) in [6, 6.07) is 0. The van der Waals surface area contributed by atoms with E-state index in [0.717, 1.165) is 22.8 Å². The van der Waals surface area contributed by atoms with E-state index in [1.165, 1.54) is 12.8 Å². The molecule has 0 spiro atoms. The zero-order chi connectivity index (χ0) is 10.3. The lowest BCUT2D eigenvalue weighted by molar-refractivity contribution is 0.690. The van der Waals surface area contributed by atoms with E-state index in [1.807, 2.05) is 13.8 Å². The maximum absolute atomic E-state index is 5.65. The summed E-state index contributed by atoms with van der Waals surface area (Å²) in [5.74, 6) is 1.00. The lowest BCUT2D eigenvalue weighted by Crippen LogP contribution is -2.13. The Morgan fingerprint density at radius 1 is 1.21 bits per heavy atom. The van der Waals surface area contributed by atoms with Gasteiger partial charge in [-0.3, -0.25) is 0 Å². The van der Waals surface area contributed by atoms with E-state index in [9.17, 15) is 0 Å². The molecule has 1 aromatic heterocycles. The summed E-state index contributed by atoms with van der Waals surface area (Å²) in [5.41, 5.74) is 9.08. The van der Waals surface area contributed by atoms with E-state index in [0.29, 0.717) is 6.54 Å². The fourth-order valence-corrected chi connectivity index (χ4v) is 1.72. The zero-order valence-corrected chi connectivity index (χ0v) is 9.09. The van der Waals surface area contributed by atoms with Gasteiger partial charge in [-0.05, 0) is 26.7 Å². The summed E-state index contributed by atoms with van der Waals surface area (Å²) in [6.07, 6.45) is 2.43. The molecule has 14 heavy (non-hydrogen) atoms. The molecule has 3 nitrogen and oxygen atoms in total. The summed E-state index contributed by atoms with van der Waals surface area (Å²) >= 11 is 0. The second-order valence-corrected chi connectivity index (χ2v) is 4.46. The maximum Gasteiger partial charge on any atom is 0.134 e. The maximum atomic E-state index is 5.65. The number of nitrogens with two attached hydrogens (primary N) is 1. The van der Waals surface area contributed by atoms with Gasteiger partial charge in [0.1, 0.15) is 5.82 Å². The molecule has 0 amide bonds. The fourth-order valence-electron chi connectivity index (χ4n) is 1.72. The molecule has 0 unspecified atom stereocenters. The Bertz CT molecular complexity index is 344. The van der Waals surface area contributed by atoms with Crippen molar-refractivity contribution in [3.05, 3.63) is 22.8 Å². The second kappa shape index (κ2) is 3.02. The minimum absolute atomic E-state index is 0.253. The number of rotatable bonds is 2. The lowest BCUT2D eigenvalue weighted by Gasteiger charge is -2.12. The minimum Gasteiger partial charge on any atom is -0.326 e. The van der Waals surface area contributed by atoms with Crippen LogP contribution in [-0.2, 0) is 12.0 Å². The average Bonchev–Trinajstić information content (AvgIpc) is 2.84. The van der Waals surface area contributed by atoms with E-state index in [1.54, 1.807) is 0 Å². The summed E-state index contributed by atoms with van der Waals surface area (Å²) < 4.78 is 0. The third-order valence-corrected chi connectivity index (χ3v) is 3.16. The van der Waals surface area contributed by atoms with Crippen LogP contribution >= 0.6 is 0 Å². The Hall–Kier alpha value is -0.960. The van der Waals surface area contributed by atoms with Crippen LogP contribution in [0, 0.1) is 13.8 Å². The van der Waals surface area contributed by atoms with Crippen molar-refractivity contribution >= 4 is 0 Å². The van der Waals surface area contributed by atoms with Crippen LogP contribution in [0.2, 0.25) is 0 Å². The highest BCUT2D eigenvalue weighted by Crippen LogP contribution is 2.46. The molecule has 1 saturated carbocycles. The van der Waals surface area contributed by atoms with Gasteiger partial charge in [0.2, 0.25) is 0 Å². The van der Waals surface area contributed by atoms with Crippen molar-refractivity contribution in [1.29, 1.82) is 0 Å². The molecule has 76 valence electrons. The van der Waals surface area contributed by atoms with Crippen LogP contribution in [0.4, 0.5) is 0 Å². The average molecular weight is 191 g/mol. The summed E-state index contributed by atoms with van der Waals surface area (Å²) in [7, 11) is 0. The van der Waals surface area contributed by atoms with Crippen molar-refractivity contribution < 1.29 is 0 Å². The molecule has 1 heterocycles. The first-order valence-corrected chi connectivity index (χ1v) is 5.11. The van der Waals surface area contributed by atoms with Crippen molar-refractivity contribution in [3.63, 3.8) is 0 Å². The first-order chi connectivity index (χ1) is 6.57. The third kappa shape index (κ3) is 1.42. The summed E-state index contributed by atoms with van der Waals surface area (Å²) in [6.45, 7) is 6.80. The van der Waals surface area contributed by atoms with Crippen LogP contribution in [0.25, 0.3) is 0 Å². The number of nitrogens with zero attached hydrogens (tertiary/aromatic N) is 2. The SMILES string of the molecule is Cc1nc(C2(C)CC2)nc(C)c1CN. The Balaban J connectivity index is 2.47. The molecule has 0 aromatic carbocycles. The van der Waals surface area contributed by atoms with Crippen molar-refractivity contribution in [3.8, 4) is 0 Å².